The van der Waals surface area contributed by atoms with Gasteiger partial charge in [-0.2, -0.15) is 0 Å². The van der Waals surface area contributed by atoms with Gasteiger partial charge >= 0.3 is 0 Å². The number of nitrogens with zero attached hydrogens (tertiary/aromatic N) is 2. The quantitative estimate of drug-likeness (QED) is 0.431. The van der Waals surface area contributed by atoms with Crippen molar-refractivity contribution in [1.82, 2.24) is 4.90 Å². The first kappa shape index (κ1) is 24.8. The van der Waals surface area contributed by atoms with Gasteiger partial charge in [-0.3, -0.25) is 19.3 Å². The van der Waals surface area contributed by atoms with Gasteiger partial charge in [0.2, 0.25) is 5.91 Å². The van der Waals surface area contributed by atoms with Crippen molar-refractivity contribution >= 4 is 73.8 Å². The maximum absolute atomic E-state index is 12.9. The van der Waals surface area contributed by atoms with E-state index in [1.807, 2.05) is 12.1 Å². The molecule has 2 aliphatic heterocycles. The number of thioether (sulfide) groups is 1. The van der Waals surface area contributed by atoms with Crippen LogP contribution in [0.1, 0.15) is 44.2 Å². The summed E-state index contributed by atoms with van der Waals surface area (Å²) in [5.74, 6) is -0.624. The number of hydrogen-bond donors (Lipinski definition) is 1. The Morgan fingerprint density at radius 2 is 1.94 bits per heavy atom. The van der Waals surface area contributed by atoms with E-state index >= 15 is 0 Å². The zero-order valence-corrected chi connectivity index (χ0v) is 22.5. The molecule has 0 spiro atoms. The van der Waals surface area contributed by atoms with Crippen molar-refractivity contribution in [3.8, 4) is 0 Å². The second-order valence-electron chi connectivity index (χ2n) is 9.23. The summed E-state index contributed by atoms with van der Waals surface area (Å²) in [6, 6.07) is 11.0. The fourth-order valence-electron chi connectivity index (χ4n) is 4.37. The molecule has 0 aromatic heterocycles. The average molecular weight is 563 g/mol. The number of imide groups is 1. The summed E-state index contributed by atoms with van der Waals surface area (Å²) in [6.45, 7) is 6.24. The van der Waals surface area contributed by atoms with Gasteiger partial charge in [0, 0.05) is 33.5 Å². The highest BCUT2D eigenvalue weighted by Gasteiger charge is 2.37. The maximum atomic E-state index is 12.9. The van der Waals surface area contributed by atoms with Crippen LogP contribution in [-0.2, 0) is 9.59 Å². The van der Waals surface area contributed by atoms with Crippen molar-refractivity contribution in [2.75, 3.05) is 23.8 Å². The normalized spacial score (nSPS) is 20.6. The molecule has 1 saturated heterocycles. The predicted molar refractivity (Wildman–Crippen MR) is 142 cm³/mol. The SMILES string of the molecule is C[C@H]1CC(C)(C)N(C)c2cc(Cl)c(/C=C3\SC(=O)N(CC(=O)Nc4ccc(Br)cc4)C3=O)cc21. The van der Waals surface area contributed by atoms with Crippen molar-refractivity contribution in [3.05, 3.63) is 61.9 Å². The highest BCUT2D eigenvalue weighted by Crippen LogP contribution is 2.45. The van der Waals surface area contributed by atoms with Gasteiger partial charge in [0.05, 0.1) is 4.91 Å². The molecular formula is C25H25BrClN3O3S. The Labute approximate surface area is 216 Å². The second kappa shape index (κ2) is 9.40. The number of anilines is 2. The van der Waals surface area contributed by atoms with Crippen molar-refractivity contribution in [2.45, 2.75) is 38.6 Å². The summed E-state index contributed by atoms with van der Waals surface area (Å²) in [6.07, 6.45) is 2.63. The van der Waals surface area contributed by atoms with E-state index in [1.165, 1.54) is 0 Å². The first-order chi connectivity index (χ1) is 16.0. The van der Waals surface area contributed by atoms with Crippen LogP contribution in [0, 0.1) is 0 Å². The molecule has 0 unspecified atom stereocenters. The highest BCUT2D eigenvalue weighted by molar-refractivity contribution is 9.10. The number of fused-ring (bicyclic) bond motifs is 1. The smallest absolute Gasteiger partial charge is 0.294 e. The molecule has 1 fully saturated rings. The highest BCUT2D eigenvalue weighted by atomic mass is 79.9. The Bertz CT molecular complexity index is 1210. The van der Waals surface area contributed by atoms with Gasteiger partial charge in [0.1, 0.15) is 6.54 Å². The van der Waals surface area contributed by atoms with Gasteiger partial charge in [-0.25, -0.2) is 0 Å². The molecule has 4 rings (SSSR count). The van der Waals surface area contributed by atoms with Crippen LogP contribution in [0.25, 0.3) is 6.08 Å². The van der Waals surface area contributed by atoms with Crippen molar-refractivity contribution in [2.24, 2.45) is 0 Å². The average Bonchev–Trinajstić information content (AvgIpc) is 3.02. The molecule has 2 aromatic rings. The Balaban J connectivity index is 1.54. The van der Waals surface area contributed by atoms with Crippen LogP contribution >= 0.6 is 39.3 Å². The summed E-state index contributed by atoms with van der Waals surface area (Å²) in [7, 11) is 2.06. The van der Waals surface area contributed by atoms with E-state index in [9.17, 15) is 14.4 Å². The number of rotatable bonds is 4. The molecule has 0 radical (unpaired) electrons. The molecule has 2 heterocycles. The van der Waals surface area contributed by atoms with Crippen LogP contribution in [0.4, 0.5) is 16.2 Å². The van der Waals surface area contributed by atoms with Crippen LogP contribution in [0.5, 0.6) is 0 Å². The lowest BCUT2D eigenvalue weighted by atomic mass is 9.80. The lowest BCUT2D eigenvalue weighted by Crippen LogP contribution is -2.45. The summed E-state index contributed by atoms with van der Waals surface area (Å²) in [5.41, 5.74) is 3.51. The lowest BCUT2D eigenvalue weighted by molar-refractivity contribution is -0.127. The third-order valence-electron chi connectivity index (χ3n) is 6.34. The van der Waals surface area contributed by atoms with Crippen LogP contribution in [0.15, 0.2) is 45.8 Å². The third kappa shape index (κ3) is 4.90. The summed E-state index contributed by atoms with van der Waals surface area (Å²) in [4.78, 5) is 41.3. The number of carbonyl (C=O) groups excluding carboxylic acids is 3. The Hall–Kier alpha value is -2.29. The first-order valence-electron chi connectivity index (χ1n) is 10.8. The minimum atomic E-state index is -0.499. The molecule has 34 heavy (non-hydrogen) atoms. The summed E-state index contributed by atoms with van der Waals surface area (Å²) in [5, 5.41) is 2.73. The number of carbonyl (C=O) groups is 3. The van der Waals surface area contributed by atoms with Gasteiger partial charge in [0.25, 0.3) is 11.1 Å². The van der Waals surface area contributed by atoms with Crippen LogP contribution < -0.4 is 10.2 Å². The first-order valence-corrected chi connectivity index (χ1v) is 12.8. The second-order valence-corrected chi connectivity index (χ2v) is 11.5. The van der Waals surface area contributed by atoms with Crippen LogP contribution in [-0.4, -0.2) is 41.1 Å². The van der Waals surface area contributed by atoms with Crippen molar-refractivity contribution < 1.29 is 14.4 Å². The van der Waals surface area contributed by atoms with Gasteiger partial charge in [0.15, 0.2) is 0 Å². The molecular weight excluding hydrogens is 538 g/mol. The molecule has 9 heteroatoms. The molecule has 6 nitrogen and oxygen atoms in total. The van der Waals surface area contributed by atoms with Crippen molar-refractivity contribution in [1.29, 1.82) is 0 Å². The molecule has 3 amide bonds. The lowest BCUT2D eigenvalue weighted by Gasteiger charge is -2.45. The van der Waals surface area contributed by atoms with E-state index in [0.29, 0.717) is 22.2 Å². The van der Waals surface area contributed by atoms with E-state index in [4.69, 9.17) is 11.6 Å². The summed E-state index contributed by atoms with van der Waals surface area (Å²) >= 11 is 10.7. The number of benzene rings is 2. The monoisotopic (exact) mass is 561 g/mol. The van der Waals surface area contributed by atoms with E-state index in [-0.39, 0.29) is 17.0 Å². The van der Waals surface area contributed by atoms with Crippen LogP contribution in [0.2, 0.25) is 5.02 Å². The number of nitrogens with one attached hydrogen (secondary N) is 1. The summed E-state index contributed by atoms with van der Waals surface area (Å²) < 4.78 is 0.882. The molecule has 0 bridgehead atoms. The zero-order valence-electron chi connectivity index (χ0n) is 19.3. The van der Waals surface area contributed by atoms with E-state index < -0.39 is 17.1 Å². The topological polar surface area (TPSA) is 69.7 Å². The number of hydrogen-bond acceptors (Lipinski definition) is 5. The van der Waals surface area contributed by atoms with E-state index in [2.05, 4.69) is 54.0 Å². The molecule has 2 aromatic carbocycles. The molecule has 1 N–H and O–H groups in total. The fraction of sp³-hybridized carbons (Fsp3) is 0.320. The molecule has 0 saturated carbocycles. The third-order valence-corrected chi connectivity index (χ3v) is 8.11. The molecule has 178 valence electrons. The molecule has 1 atom stereocenters. The zero-order chi connectivity index (χ0) is 24.8. The largest absolute Gasteiger partial charge is 0.369 e. The van der Waals surface area contributed by atoms with Gasteiger partial charge in [-0.15, -0.1) is 0 Å². The number of halogens is 2. The van der Waals surface area contributed by atoms with Crippen molar-refractivity contribution in [3.63, 3.8) is 0 Å². The molecule has 0 aliphatic carbocycles. The minimum Gasteiger partial charge on any atom is -0.369 e. The molecule has 2 aliphatic rings. The van der Waals surface area contributed by atoms with Gasteiger partial charge in [-0.05, 0) is 91.5 Å². The Morgan fingerprint density at radius 3 is 2.62 bits per heavy atom. The minimum absolute atomic E-state index is 0.0107. The van der Waals surface area contributed by atoms with Crippen LogP contribution in [0.3, 0.4) is 0 Å². The van der Waals surface area contributed by atoms with E-state index in [0.717, 1.165) is 38.8 Å². The fourth-order valence-corrected chi connectivity index (χ4v) is 5.68. The standard InChI is InChI=1S/C25H25BrClN3O3S/c1-14-12-25(2,3)29(4)20-11-19(27)15(9-18(14)20)10-21-23(32)30(24(33)34-21)13-22(31)28-17-7-5-16(26)6-8-17/h5-11,14H,12-13H2,1-4H3,(H,28,31)/b21-10-/t14-/m0/s1. The van der Waals surface area contributed by atoms with E-state index in [1.54, 1.807) is 30.3 Å². The van der Waals surface area contributed by atoms with Gasteiger partial charge < -0.3 is 10.2 Å². The Morgan fingerprint density at radius 1 is 1.26 bits per heavy atom. The predicted octanol–water partition coefficient (Wildman–Crippen LogP) is 6.50. The Kier molecular flexibility index (Phi) is 6.86. The van der Waals surface area contributed by atoms with Gasteiger partial charge in [-0.1, -0.05) is 34.5 Å². The maximum Gasteiger partial charge on any atom is 0.294 e. The number of amides is 3.